The van der Waals surface area contributed by atoms with E-state index in [4.69, 9.17) is 11.6 Å². The molecule has 1 heterocycles. The summed E-state index contributed by atoms with van der Waals surface area (Å²) in [6, 6.07) is 9.79. The molecule has 0 aliphatic carbocycles. The Kier molecular flexibility index (Phi) is 7.29. The SMILES string of the molecule is CC(C)Cn1c(SCC(=O)NNC(=O)c2ccc(F)cc2)nc2cc(Cl)ccc2c1=O. The fraction of sp³-hybridized carbons (Fsp3) is 0.238. The van der Waals surface area contributed by atoms with E-state index in [9.17, 15) is 18.8 Å². The molecule has 3 aromatic rings. The first kappa shape index (κ1) is 22.8. The van der Waals surface area contributed by atoms with Crippen LogP contribution in [0.15, 0.2) is 52.4 Å². The van der Waals surface area contributed by atoms with Crippen LogP contribution < -0.4 is 16.4 Å². The standard InChI is InChI=1S/C21H20ClFN4O3S/c1-12(2)10-27-20(30)16-8-5-14(22)9-17(16)24-21(27)31-11-18(28)25-26-19(29)13-3-6-15(23)7-4-13/h3-9,12H,10-11H2,1-2H3,(H,25,28)(H,26,29). The number of nitrogens with one attached hydrogen (secondary N) is 2. The number of carbonyl (C=O) groups is 2. The van der Waals surface area contributed by atoms with Crippen molar-refractivity contribution in [3.05, 3.63) is 69.2 Å². The molecule has 0 spiro atoms. The number of hydrogen-bond donors (Lipinski definition) is 2. The molecule has 162 valence electrons. The summed E-state index contributed by atoms with van der Waals surface area (Å²) >= 11 is 7.10. The van der Waals surface area contributed by atoms with Gasteiger partial charge in [0.2, 0.25) is 5.91 Å². The van der Waals surface area contributed by atoms with Crippen LogP contribution in [0, 0.1) is 11.7 Å². The number of hydrazine groups is 1. The molecule has 0 bridgehead atoms. The predicted molar refractivity (Wildman–Crippen MR) is 119 cm³/mol. The molecule has 0 atom stereocenters. The van der Waals surface area contributed by atoms with Crippen LogP contribution >= 0.6 is 23.4 Å². The van der Waals surface area contributed by atoms with E-state index in [2.05, 4.69) is 15.8 Å². The lowest BCUT2D eigenvalue weighted by molar-refractivity contribution is -0.119. The van der Waals surface area contributed by atoms with E-state index in [0.29, 0.717) is 27.6 Å². The van der Waals surface area contributed by atoms with E-state index < -0.39 is 17.6 Å². The molecule has 2 aromatic carbocycles. The highest BCUT2D eigenvalue weighted by Crippen LogP contribution is 2.21. The maximum absolute atomic E-state index is 12.9. The number of amides is 2. The van der Waals surface area contributed by atoms with E-state index in [1.54, 1.807) is 18.2 Å². The summed E-state index contributed by atoms with van der Waals surface area (Å²) < 4.78 is 14.5. The second kappa shape index (κ2) is 9.93. The highest BCUT2D eigenvalue weighted by atomic mass is 35.5. The predicted octanol–water partition coefficient (Wildman–Crippen LogP) is 3.40. The third-order valence-electron chi connectivity index (χ3n) is 4.18. The summed E-state index contributed by atoms with van der Waals surface area (Å²) in [6.07, 6.45) is 0. The van der Waals surface area contributed by atoms with Gasteiger partial charge in [-0.25, -0.2) is 9.37 Å². The van der Waals surface area contributed by atoms with Crippen molar-refractivity contribution in [1.29, 1.82) is 0 Å². The zero-order chi connectivity index (χ0) is 22.5. The van der Waals surface area contributed by atoms with Gasteiger partial charge in [0.05, 0.1) is 16.7 Å². The topological polar surface area (TPSA) is 93.1 Å². The number of aromatic nitrogens is 2. The molecule has 31 heavy (non-hydrogen) atoms. The van der Waals surface area contributed by atoms with Gasteiger partial charge in [-0.05, 0) is 48.4 Å². The quantitative estimate of drug-likeness (QED) is 0.333. The molecule has 0 saturated carbocycles. The maximum atomic E-state index is 12.9. The van der Waals surface area contributed by atoms with Crippen LogP contribution in [0.25, 0.3) is 10.9 Å². The summed E-state index contributed by atoms with van der Waals surface area (Å²) in [4.78, 5) is 41.6. The van der Waals surface area contributed by atoms with Crippen LogP contribution in [0.5, 0.6) is 0 Å². The van der Waals surface area contributed by atoms with Crippen molar-refractivity contribution in [1.82, 2.24) is 20.4 Å². The van der Waals surface area contributed by atoms with Gasteiger partial charge in [-0.3, -0.25) is 29.8 Å². The monoisotopic (exact) mass is 462 g/mol. The lowest BCUT2D eigenvalue weighted by Crippen LogP contribution is -2.42. The van der Waals surface area contributed by atoms with E-state index >= 15 is 0 Å². The molecule has 0 fully saturated rings. The minimum atomic E-state index is -0.575. The highest BCUT2D eigenvalue weighted by molar-refractivity contribution is 7.99. The fourth-order valence-electron chi connectivity index (χ4n) is 2.78. The second-order valence-corrected chi connectivity index (χ2v) is 8.54. The summed E-state index contributed by atoms with van der Waals surface area (Å²) in [6.45, 7) is 4.39. The summed E-state index contributed by atoms with van der Waals surface area (Å²) in [5, 5.41) is 1.29. The third-order valence-corrected chi connectivity index (χ3v) is 5.40. The van der Waals surface area contributed by atoms with Crippen molar-refractivity contribution in [2.75, 3.05) is 5.75 Å². The average molecular weight is 463 g/mol. The minimum absolute atomic E-state index is 0.0830. The zero-order valence-corrected chi connectivity index (χ0v) is 18.4. The molecule has 3 rings (SSSR count). The van der Waals surface area contributed by atoms with Gasteiger partial charge in [-0.1, -0.05) is 37.2 Å². The number of thioether (sulfide) groups is 1. The van der Waals surface area contributed by atoms with Gasteiger partial charge >= 0.3 is 0 Å². The molecule has 7 nitrogen and oxygen atoms in total. The Morgan fingerprint density at radius 2 is 1.87 bits per heavy atom. The fourth-order valence-corrected chi connectivity index (χ4v) is 3.75. The van der Waals surface area contributed by atoms with Crippen molar-refractivity contribution < 1.29 is 14.0 Å². The molecular formula is C21H20ClFN4O3S. The van der Waals surface area contributed by atoms with Gasteiger partial charge in [0, 0.05) is 17.1 Å². The van der Waals surface area contributed by atoms with E-state index in [1.807, 2.05) is 13.8 Å². The Bertz CT molecular complexity index is 1180. The molecule has 0 aliphatic rings. The van der Waals surface area contributed by atoms with E-state index in [-0.39, 0.29) is 22.8 Å². The smallest absolute Gasteiger partial charge is 0.269 e. The first-order valence-electron chi connectivity index (χ1n) is 9.42. The van der Waals surface area contributed by atoms with Crippen LogP contribution in [0.3, 0.4) is 0 Å². The number of benzene rings is 2. The first-order chi connectivity index (χ1) is 14.7. The molecule has 0 saturated heterocycles. The van der Waals surface area contributed by atoms with E-state index in [1.165, 1.54) is 16.7 Å². The van der Waals surface area contributed by atoms with E-state index in [0.717, 1.165) is 23.9 Å². The minimum Gasteiger partial charge on any atom is -0.287 e. The molecular weight excluding hydrogens is 443 g/mol. The van der Waals surface area contributed by atoms with Gasteiger partial charge in [-0.15, -0.1) is 0 Å². The molecule has 0 aliphatic heterocycles. The Hall–Kier alpha value is -2.91. The van der Waals surface area contributed by atoms with Gasteiger partial charge in [0.15, 0.2) is 5.16 Å². The number of carbonyl (C=O) groups excluding carboxylic acids is 2. The maximum Gasteiger partial charge on any atom is 0.269 e. The molecule has 2 amide bonds. The van der Waals surface area contributed by atoms with Crippen LogP contribution in [0.2, 0.25) is 5.02 Å². The van der Waals surface area contributed by atoms with Crippen molar-refractivity contribution in [3.8, 4) is 0 Å². The van der Waals surface area contributed by atoms with Crippen molar-refractivity contribution >= 4 is 46.1 Å². The van der Waals surface area contributed by atoms with Gasteiger partial charge in [-0.2, -0.15) is 0 Å². The zero-order valence-electron chi connectivity index (χ0n) is 16.8. The Morgan fingerprint density at radius 1 is 1.16 bits per heavy atom. The summed E-state index contributed by atoms with van der Waals surface area (Å²) in [7, 11) is 0. The lowest BCUT2D eigenvalue weighted by Gasteiger charge is -2.15. The molecule has 2 N–H and O–H groups in total. The molecule has 0 unspecified atom stereocenters. The van der Waals surface area contributed by atoms with Crippen LogP contribution in [0.1, 0.15) is 24.2 Å². The van der Waals surface area contributed by atoms with Gasteiger partial charge in [0.25, 0.3) is 11.5 Å². The normalized spacial score (nSPS) is 11.0. The van der Waals surface area contributed by atoms with Crippen LogP contribution in [0.4, 0.5) is 4.39 Å². The lowest BCUT2D eigenvalue weighted by atomic mass is 10.2. The van der Waals surface area contributed by atoms with Crippen molar-refractivity contribution in [2.24, 2.45) is 5.92 Å². The van der Waals surface area contributed by atoms with Gasteiger partial charge < -0.3 is 0 Å². The second-order valence-electron chi connectivity index (χ2n) is 7.16. The highest BCUT2D eigenvalue weighted by Gasteiger charge is 2.15. The summed E-state index contributed by atoms with van der Waals surface area (Å²) in [5.41, 5.74) is 5.01. The number of hydrogen-bond acceptors (Lipinski definition) is 5. The number of rotatable bonds is 6. The first-order valence-corrected chi connectivity index (χ1v) is 10.8. The Labute approximate surface area is 187 Å². The van der Waals surface area contributed by atoms with Gasteiger partial charge in [0.1, 0.15) is 5.82 Å². The Balaban J connectivity index is 1.71. The molecule has 0 radical (unpaired) electrons. The van der Waals surface area contributed by atoms with Crippen molar-refractivity contribution in [2.45, 2.75) is 25.5 Å². The Morgan fingerprint density at radius 3 is 2.55 bits per heavy atom. The third kappa shape index (κ3) is 5.83. The number of nitrogens with zero attached hydrogens (tertiary/aromatic N) is 2. The number of fused-ring (bicyclic) bond motifs is 1. The average Bonchev–Trinajstić information content (AvgIpc) is 2.72. The van der Waals surface area contributed by atoms with Crippen LogP contribution in [-0.2, 0) is 11.3 Å². The molecule has 10 heteroatoms. The van der Waals surface area contributed by atoms with Crippen LogP contribution in [-0.4, -0.2) is 27.1 Å². The largest absolute Gasteiger partial charge is 0.287 e. The number of halogens is 2. The molecule has 1 aromatic heterocycles. The summed E-state index contributed by atoms with van der Waals surface area (Å²) in [5.74, 6) is -1.42. The van der Waals surface area contributed by atoms with Crippen molar-refractivity contribution in [3.63, 3.8) is 0 Å².